The SMILES string of the molecule is CCOc1ccc(C=CC(=O)Oc2ccc(OCCCC(F)(F)F)cc2)cc1. The van der Waals surface area contributed by atoms with Crippen LogP contribution in [0.3, 0.4) is 0 Å². The summed E-state index contributed by atoms with van der Waals surface area (Å²) in [5.41, 5.74) is 0.822. The molecule has 0 aromatic heterocycles. The summed E-state index contributed by atoms with van der Waals surface area (Å²) in [5, 5.41) is 0. The molecule has 7 heteroatoms. The minimum atomic E-state index is -4.18. The standard InChI is InChI=1S/C21H21F3O4/c1-2-26-17-7-4-16(5-8-17)6-13-20(25)28-19-11-9-18(10-12-19)27-15-3-14-21(22,23)24/h4-13H,2-3,14-15H2,1H3. The fourth-order valence-electron chi connectivity index (χ4n) is 2.22. The number of benzene rings is 2. The van der Waals surface area contributed by atoms with E-state index in [-0.39, 0.29) is 13.0 Å². The lowest BCUT2D eigenvalue weighted by Crippen LogP contribution is -2.09. The molecule has 0 saturated heterocycles. The van der Waals surface area contributed by atoms with Crippen LogP contribution in [0.2, 0.25) is 0 Å². The minimum absolute atomic E-state index is 0.0382. The molecule has 0 N–H and O–H groups in total. The van der Waals surface area contributed by atoms with Gasteiger partial charge in [-0.1, -0.05) is 12.1 Å². The maximum atomic E-state index is 12.1. The van der Waals surface area contributed by atoms with E-state index in [0.29, 0.717) is 18.1 Å². The summed E-state index contributed by atoms with van der Waals surface area (Å²) in [6, 6.07) is 13.4. The van der Waals surface area contributed by atoms with Gasteiger partial charge in [0, 0.05) is 12.5 Å². The van der Waals surface area contributed by atoms with Crippen LogP contribution in [0.1, 0.15) is 25.3 Å². The molecule has 150 valence electrons. The molecule has 28 heavy (non-hydrogen) atoms. The highest BCUT2D eigenvalue weighted by atomic mass is 19.4. The first-order chi connectivity index (χ1) is 13.4. The first kappa shape index (κ1) is 21.3. The predicted octanol–water partition coefficient (Wildman–Crippen LogP) is 5.43. The lowest BCUT2D eigenvalue weighted by Gasteiger charge is -2.08. The van der Waals surface area contributed by atoms with Gasteiger partial charge in [-0.25, -0.2) is 4.79 Å². The molecule has 2 aromatic carbocycles. The van der Waals surface area contributed by atoms with E-state index in [9.17, 15) is 18.0 Å². The fourth-order valence-corrected chi connectivity index (χ4v) is 2.22. The van der Waals surface area contributed by atoms with E-state index < -0.39 is 18.6 Å². The number of ether oxygens (including phenoxy) is 3. The third kappa shape index (κ3) is 8.16. The average Bonchev–Trinajstić information content (AvgIpc) is 2.65. The number of hydrogen-bond acceptors (Lipinski definition) is 4. The molecule has 0 aliphatic carbocycles. The highest BCUT2D eigenvalue weighted by Gasteiger charge is 2.26. The summed E-state index contributed by atoms with van der Waals surface area (Å²) in [4.78, 5) is 11.9. The Morgan fingerprint density at radius 2 is 1.50 bits per heavy atom. The van der Waals surface area contributed by atoms with Crippen LogP contribution in [0.4, 0.5) is 13.2 Å². The summed E-state index contributed by atoms with van der Waals surface area (Å²) in [5.74, 6) is 0.923. The largest absolute Gasteiger partial charge is 0.494 e. The molecule has 2 rings (SSSR count). The van der Waals surface area contributed by atoms with Crippen molar-refractivity contribution in [1.29, 1.82) is 0 Å². The first-order valence-corrected chi connectivity index (χ1v) is 8.78. The molecule has 0 atom stereocenters. The molecule has 0 amide bonds. The third-order valence-electron chi connectivity index (χ3n) is 3.52. The maximum Gasteiger partial charge on any atom is 0.389 e. The van der Waals surface area contributed by atoms with E-state index in [1.54, 1.807) is 6.08 Å². The molecule has 0 spiro atoms. The molecular weight excluding hydrogens is 373 g/mol. The van der Waals surface area contributed by atoms with Crippen molar-refractivity contribution in [1.82, 2.24) is 0 Å². The van der Waals surface area contributed by atoms with Gasteiger partial charge in [0.1, 0.15) is 17.2 Å². The molecular formula is C21H21F3O4. The molecule has 0 unspecified atom stereocenters. The Kier molecular flexibility index (Phi) is 7.92. The lowest BCUT2D eigenvalue weighted by molar-refractivity contribution is -0.136. The van der Waals surface area contributed by atoms with E-state index in [2.05, 4.69) is 0 Å². The quantitative estimate of drug-likeness (QED) is 0.246. The molecule has 0 bridgehead atoms. The first-order valence-electron chi connectivity index (χ1n) is 8.78. The van der Waals surface area contributed by atoms with Crippen molar-refractivity contribution in [3.8, 4) is 17.2 Å². The zero-order chi connectivity index (χ0) is 20.4. The smallest absolute Gasteiger partial charge is 0.389 e. The van der Waals surface area contributed by atoms with E-state index in [0.717, 1.165) is 11.3 Å². The minimum Gasteiger partial charge on any atom is -0.494 e. The second-order valence-electron chi connectivity index (χ2n) is 5.80. The molecule has 0 aliphatic rings. The van der Waals surface area contributed by atoms with E-state index >= 15 is 0 Å². The molecule has 0 aliphatic heterocycles. The van der Waals surface area contributed by atoms with Crippen LogP contribution in [0.15, 0.2) is 54.6 Å². The summed E-state index contributed by atoms with van der Waals surface area (Å²) >= 11 is 0. The van der Waals surface area contributed by atoms with Crippen LogP contribution in [0.5, 0.6) is 17.2 Å². The van der Waals surface area contributed by atoms with Gasteiger partial charge in [-0.3, -0.25) is 0 Å². The highest BCUT2D eigenvalue weighted by Crippen LogP contribution is 2.22. The van der Waals surface area contributed by atoms with Crippen molar-refractivity contribution in [2.24, 2.45) is 0 Å². The van der Waals surface area contributed by atoms with E-state index in [4.69, 9.17) is 14.2 Å². The number of esters is 1. The second-order valence-corrected chi connectivity index (χ2v) is 5.80. The number of alkyl halides is 3. The fraction of sp³-hybridized carbons (Fsp3) is 0.286. The zero-order valence-electron chi connectivity index (χ0n) is 15.4. The molecule has 0 heterocycles. The molecule has 0 fully saturated rings. The monoisotopic (exact) mass is 394 g/mol. The Balaban J connectivity index is 1.78. The summed E-state index contributed by atoms with van der Waals surface area (Å²) < 4.78 is 51.9. The van der Waals surface area contributed by atoms with Gasteiger partial charge in [-0.15, -0.1) is 0 Å². The Labute approximate surface area is 161 Å². The third-order valence-corrected chi connectivity index (χ3v) is 3.52. The van der Waals surface area contributed by atoms with Crippen LogP contribution in [-0.4, -0.2) is 25.4 Å². The van der Waals surface area contributed by atoms with Gasteiger partial charge in [0.2, 0.25) is 0 Å². The van der Waals surface area contributed by atoms with Crippen molar-refractivity contribution in [3.05, 3.63) is 60.2 Å². The van der Waals surface area contributed by atoms with Crippen molar-refractivity contribution >= 4 is 12.0 Å². The summed E-state index contributed by atoms with van der Waals surface area (Å²) in [7, 11) is 0. The number of halogens is 3. The van der Waals surface area contributed by atoms with Crippen molar-refractivity contribution in [3.63, 3.8) is 0 Å². The Hall–Kier alpha value is -2.96. The van der Waals surface area contributed by atoms with Gasteiger partial charge >= 0.3 is 12.1 Å². The van der Waals surface area contributed by atoms with Crippen LogP contribution in [0, 0.1) is 0 Å². The molecule has 0 radical (unpaired) electrons. The highest BCUT2D eigenvalue weighted by molar-refractivity contribution is 5.88. The van der Waals surface area contributed by atoms with Gasteiger partial charge in [0.15, 0.2) is 0 Å². The number of carbonyl (C=O) groups excluding carboxylic acids is 1. The van der Waals surface area contributed by atoms with Gasteiger partial charge in [0.05, 0.1) is 13.2 Å². The van der Waals surface area contributed by atoms with Gasteiger partial charge in [0.25, 0.3) is 0 Å². The zero-order valence-corrected chi connectivity index (χ0v) is 15.4. The Bertz CT molecular complexity index is 766. The number of rotatable bonds is 9. The van der Waals surface area contributed by atoms with Crippen LogP contribution in [0.25, 0.3) is 6.08 Å². The van der Waals surface area contributed by atoms with Gasteiger partial charge in [-0.2, -0.15) is 13.2 Å². The summed E-state index contributed by atoms with van der Waals surface area (Å²) in [6.07, 6.45) is -2.26. The average molecular weight is 394 g/mol. The van der Waals surface area contributed by atoms with Gasteiger partial charge < -0.3 is 14.2 Å². The topological polar surface area (TPSA) is 44.8 Å². The van der Waals surface area contributed by atoms with Crippen LogP contribution >= 0.6 is 0 Å². The number of carbonyl (C=O) groups is 1. The van der Waals surface area contributed by atoms with Crippen LogP contribution < -0.4 is 14.2 Å². The molecule has 4 nitrogen and oxygen atoms in total. The van der Waals surface area contributed by atoms with E-state index in [1.165, 1.54) is 30.3 Å². The van der Waals surface area contributed by atoms with Gasteiger partial charge in [-0.05, 0) is 61.4 Å². The summed E-state index contributed by atoms with van der Waals surface area (Å²) in [6.45, 7) is 2.44. The lowest BCUT2D eigenvalue weighted by atomic mass is 10.2. The van der Waals surface area contributed by atoms with E-state index in [1.807, 2.05) is 31.2 Å². The second kappa shape index (κ2) is 10.4. The normalized spacial score (nSPS) is 11.4. The molecule has 0 saturated carbocycles. The predicted molar refractivity (Wildman–Crippen MR) is 99.5 cm³/mol. The maximum absolute atomic E-state index is 12.1. The molecule has 2 aromatic rings. The Morgan fingerprint density at radius 1 is 0.929 bits per heavy atom. The van der Waals surface area contributed by atoms with Crippen molar-refractivity contribution in [2.75, 3.05) is 13.2 Å². The van der Waals surface area contributed by atoms with Crippen LogP contribution in [-0.2, 0) is 4.79 Å². The van der Waals surface area contributed by atoms with Crippen molar-refractivity contribution in [2.45, 2.75) is 25.9 Å². The van der Waals surface area contributed by atoms with Crippen molar-refractivity contribution < 1.29 is 32.2 Å². The Morgan fingerprint density at radius 3 is 2.11 bits per heavy atom. The number of hydrogen-bond donors (Lipinski definition) is 0.